The summed E-state index contributed by atoms with van der Waals surface area (Å²) in [5, 5.41) is 4.14. The maximum absolute atomic E-state index is 13.0. The number of esters is 1. The van der Waals surface area contributed by atoms with E-state index in [1.165, 1.54) is 32.1 Å². The third-order valence-electron chi connectivity index (χ3n) is 7.27. The Morgan fingerprint density at radius 3 is 2.10 bits per heavy atom. The zero-order valence-corrected chi connectivity index (χ0v) is 24.8. The van der Waals surface area contributed by atoms with Crippen LogP contribution < -0.4 is 0 Å². The number of unbranched alkanes of at least 4 members (excludes halogenated alkanes) is 5. The van der Waals surface area contributed by atoms with Crippen LogP contribution in [0.5, 0.6) is 0 Å². The summed E-state index contributed by atoms with van der Waals surface area (Å²) in [5.41, 5.74) is 5.08. The van der Waals surface area contributed by atoms with E-state index in [-0.39, 0.29) is 13.2 Å². The highest BCUT2D eigenvalue weighted by molar-refractivity contribution is 6.32. The van der Waals surface area contributed by atoms with E-state index in [0.29, 0.717) is 18.9 Å². The number of carbonyl (C=O) groups is 2. The summed E-state index contributed by atoms with van der Waals surface area (Å²) in [6.07, 6.45) is 8.73. The van der Waals surface area contributed by atoms with Crippen molar-refractivity contribution in [1.82, 2.24) is 15.0 Å². The highest BCUT2D eigenvalue weighted by Gasteiger charge is 2.23. The second-order valence-corrected chi connectivity index (χ2v) is 10.5. The van der Waals surface area contributed by atoms with Crippen LogP contribution in [-0.4, -0.2) is 40.1 Å². The molecule has 0 aliphatic heterocycles. The smallest absolute Gasteiger partial charge is 0.397 e. The van der Waals surface area contributed by atoms with Crippen LogP contribution in [0.3, 0.4) is 0 Å². The zero-order valence-electron chi connectivity index (χ0n) is 24.8. The molecule has 0 saturated heterocycles. The number of carbonyl (C=O) groups excluding carboxylic acids is 2. The van der Waals surface area contributed by atoms with Gasteiger partial charge in [0.2, 0.25) is 0 Å². The van der Waals surface area contributed by atoms with Crippen LogP contribution >= 0.6 is 0 Å². The Bertz CT molecular complexity index is 1380. The van der Waals surface area contributed by atoms with E-state index in [2.05, 4.69) is 53.5 Å². The van der Waals surface area contributed by atoms with Gasteiger partial charge in [-0.2, -0.15) is 4.98 Å². The van der Waals surface area contributed by atoms with Crippen LogP contribution in [0.15, 0.2) is 83.4 Å². The maximum atomic E-state index is 13.0. The van der Waals surface area contributed by atoms with Gasteiger partial charge in [0, 0.05) is 25.1 Å². The molecule has 0 fully saturated rings. The number of aromatic nitrogens is 2. The van der Waals surface area contributed by atoms with Crippen molar-refractivity contribution in [3.05, 3.63) is 95.8 Å². The molecule has 0 bridgehead atoms. The average molecular weight is 568 g/mol. The Morgan fingerprint density at radius 2 is 1.38 bits per heavy atom. The van der Waals surface area contributed by atoms with Gasteiger partial charge in [-0.05, 0) is 54.2 Å². The highest BCUT2D eigenvalue weighted by Crippen LogP contribution is 2.21. The van der Waals surface area contributed by atoms with Crippen molar-refractivity contribution in [3.8, 4) is 22.6 Å². The van der Waals surface area contributed by atoms with Gasteiger partial charge in [0.25, 0.3) is 5.89 Å². The van der Waals surface area contributed by atoms with Crippen LogP contribution in [0.25, 0.3) is 22.6 Å². The molecule has 7 nitrogen and oxygen atoms in total. The number of aryl methyl sites for hydroxylation is 1. The van der Waals surface area contributed by atoms with Gasteiger partial charge >= 0.3 is 11.9 Å². The van der Waals surface area contributed by atoms with Gasteiger partial charge in [0.1, 0.15) is 0 Å². The molecule has 0 N–H and O–H groups in total. The van der Waals surface area contributed by atoms with Crippen molar-refractivity contribution >= 4 is 11.9 Å². The second kappa shape index (κ2) is 16.2. The first kappa shape index (κ1) is 30.7. The standard InChI is InChI=1S/C35H41N3O4/c1-3-5-6-7-8-12-15-32-36-33(42-37-32)31-22-18-28(19-23-31)26-38(34(39)35(40)41-4-2)25-24-27-16-20-30(21-17-27)29-13-10-9-11-14-29/h9-11,13-14,16-23H,3-8,12,15,24-26H2,1-2H3. The first-order valence-electron chi connectivity index (χ1n) is 15.1. The normalized spacial score (nSPS) is 10.9. The highest BCUT2D eigenvalue weighted by atomic mass is 16.5. The molecule has 220 valence electrons. The molecular weight excluding hydrogens is 526 g/mol. The van der Waals surface area contributed by atoms with Gasteiger partial charge in [0.05, 0.1) is 6.61 Å². The monoisotopic (exact) mass is 567 g/mol. The third-order valence-corrected chi connectivity index (χ3v) is 7.27. The lowest BCUT2D eigenvalue weighted by molar-refractivity contribution is -0.160. The lowest BCUT2D eigenvalue weighted by Gasteiger charge is -2.22. The van der Waals surface area contributed by atoms with E-state index in [9.17, 15) is 9.59 Å². The SMILES string of the molecule is CCCCCCCCc1noc(-c2ccc(CN(CCc3ccc(-c4ccccc4)cc3)C(=O)C(=O)OCC)cc2)n1. The molecule has 0 unspecified atom stereocenters. The number of rotatable bonds is 15. The van der Waals surface area contributed by atoms with Crippen LogP contribution in [0.1, 0.15) is 69.3 Å². The van der Waals surface area contributed by atoms with Crippen LogP contribution in [-0.2, 0) is 33.7 Å². The van der Waals surface area contributed by atoms with Crippen molar-refractivity contribution in [2.45, 2.75) is 71.8 Å². The van der Waals surface area contributed by atoms with Gasteiger partial charge in [-0.25, -0.2) is 4.79 Å². The largest absolute Gasteiger partial charge is 0.459 e. The lowest BCUT2D eigenvalue weighted by atomic mass is 10.0. The predicted molar refractivity (Wildman–Crippen MR) is 164 cm³/mol. The van der Waals surface area contributed by atoms with Gasteiger partial charge in [-0.1, -0.05) is 111 Å². The fourth-order valence-electron chi connectivity index (χ4n) is 4.84. The molecule has 0 aliphatic carbocycles. The minimum absolute atomic E-state index is 0.152. The molecule has 4 aromatic rings. The second-order valence-electron chi connectivity index (χ2n) is 10.5. The fourth-order valence-corrected chi connectivity index (χ4v) is 4.84. The zero-order chi connectivity index (χ0) is 29.6. The van der Waals surface area contributed by atoms with E-state index in [0.717, 1.165) is 46.5 Å². The molecule has 0 atom stereocenters. The molecular formula is C35H41N3O4. The first-order valence-corrected chi connectivity index (χ1v) is 15.1. The van der Waals surface area contributed by atoms with Gasteiger partial charge in [-0.3, -0.25) is 4.79 Å². The van der Waals surface area contributed by atoms with Crippen LogP contribution in [0.2, 0.25) is 0 Å². The quantitative estimate of drug-likeness (QED) is 0.0843. The number of hydrogen-bond acceptors (Lipinski definition) is 6. The van der Waals surface area contributed by atoms with E-state index >= 15 is 0 Å². The molecule has 0 saturated carbocycles. The summed E-state index contributed by atoms with van der Waals surface area (Å²) in [5.74, 6) is -0.260. The fraction of sp³-hybridized carbons (Fsp3) is 0.371. The van der Waals surface area contributed by atoms with Crippen LogP contribution in [0, 0.1) is 0 Å². The van der Waals surface area contributed by atoms with E-state index in [4.69, 9.17) is 9.26 Å². The van der Waals surface area contributed by atoms with Gasteiger partial charge in [0.15, 0.2) is 5.82 Å². The molecule has 42 heavy (non-hydrogen) atoms. The van der Waals surface area contributed by atoms with Crippen molar-refractivity contribution < 1.29 is 18.8 Å². The minimum atomic E-state index is -0.836. The van der Waals surface area contributed by atoms with Crippen molar-refractivity contribution in [2.75, 3.05) is 13.2 Å². The summed E-state index contributed by atoms with van der Waals surface area (Å²) in [6.45, 7) is 4.74. The number of hydrogen-bond donors (Lipinski definition) is 0. The third kappa shape index (κ3) is 9.13. The lowest BCUT2D eigenvalue weighted by Crippen LogP contribution is -2.38. The van der Waals surface area contributed by atoms with Crippen LogP contribution in [0.4, 0.5) is 0 Å². The number of amides is 1. The van der Waals surface area contributed by atoms with Crippen molar-refractivity contribution in [1.29, 1.82) is 0 Å². The average Bonchev–Trinajstić information content (AvgIpc) is 3.50. The Morgan fingerprint density at radius 1 is 0.738 bits per heavy atom. The van der Waals surface area contributed by atoms with E-state index < -0.39 is 11.9 Å². The minimum Gasteiger partial charge on any atom is -0.459 e. The van der Waals surface area contributed by atoms with Crippen molar-refractivity contribution in [2.24, 2.45) is 0 Å². The molecule has 3 aromatic carbocycles. The Labute approximate surface area is 248 Å². The maximum Gasteiger partial charge on any atom is 0.397 e. The molecule has 0 spiro atoms. The topological polar surface area (TPSA) is 85.5 Å². The number of benzene rings is 3. The summed E-state index contributed by atoms with van der Waals surface area (Å²) in [4.78, 5) is 31.4. The summed E-state index contributed by atoms with van der Waals surface area (Å²) in [7, 11) is 0. The molecule has 7 heteroatoms. The molecule has 1 heterocycles. The summed E-state index contributed by atoms with van der Waals surface area (Å²) >= 11 is 0. The molecule has 0 aliphatic rings. The van der Waals surface area contributed by atoms with E-state index in [1.807, 2.05) is 42.5 Å². The molecule has 1 amide bonds. The van der Waals surface area contributed by atoms with Gasteiger partial charge in [-0.15, -0.1) is 0 Å². The Balaban J connectivity index is 1.36. The number of ether oxygens (including phenoxy) is 1. The number of nitrogens with zero attached hydrogens (tertiary/aromatic N) is 3. The van der Waals surface area contributed by atoms with Crippen molar-refractivity contribution in [3.63, 3.8) is 0 Å². The first-order chi connectivity index (χ1) is 20.6. The van der Waals surface area contributed by atoms with Gasteiger partial charge < -0.3 is 14.2 Å². The predicted octanol–water partition coefficient (Wildman–Crippen LogP) is 7.44. The van der Waals surface area contributed by atoms with E-state index in [1.54, 1.807) is 11.8 Å². The summed E-state index contributed by atoms with van der Waals surface area (Å²) in [6, 6.07) is 26.1. The summed E-state index contributed by atoms with van der Waals surface area (Å²) < 4.78 is 10.5. The Kier molecular flexibility index (Phi) is 11.9. The molecule has 0 radical (unpaired) electrons. The molecule has 1 aromatic heterocycles. The Hall–Kier alpha value is -4.26. The molecule has 4 rings (SSSR count).